The van der Waals surface area contributed by atoms with Gasteiger partial charge in [0.2, 0.25) is 0 Å². The van der Waals surface area contributed by atoms with Gasteiger partial charge in [-0.05, 0) is 37.2 Å². The number of carbonyl (C=O) groups is 2. The monoisotopic (exact) mass is 319 g/mol. The summed E-state index contributed by atoms with van der Waals surface area (Å²) in [5.41, 5.74) is 6.98. The maximum Gasteiger partial charge on any atom is 0.320 e. The molecule has 5 nitrogen and oxygen atoms in total. The van der Waals surface area contributed by atoms with Crippen LogP contribution in [0, 0.1) is 5.92 Å². The molecular weight excluding hydrogens is 294 g/mol. The largest absolute Gasteiger partial charge is 0.480 e. The highest BCUT2D eigenvalue weighted by Gasteiger charge is 2.33. The minimum absolute atomic E-state index is 0.0301. The molecular formula is C18H25NO4. The van der Waals surface area contributed by atoms with Crippen molar-refractivity contribution in [2.45, 2.75) is 51.2 Å². The van der Waals surface area contributed by atoms with Gasteiger partial charge in [-0.3, -0.25) is 9.59 Å². The van der Waals surface area contributed by atoms with E-state index in [9.17, 15) is 9.59 Å². The normalized spacial score (nSPS) is 16.8. The van der Waals surface area contributed by atoms with Gasteiger partial charge in [0, 0.05) is 18.6 Å². The Bertz CT molecular complexity index is 536. The highest BCUT2D eigenvalue weighted by Crippen LogP contribution is 2.36. The van der Waals surface area contributed by atoms with Gasteiger partial charge >= 0.3 is 5.97 Å². The fourth-order valence-electron chi connectivity index (χ4n) is 2.57. The first kappa shape index (κ1) is 17.6. The zero-order valence-corrected chi connectivity index (χ0v) is 13.5. The van der Waals surface area contributed by atoms with Crippen molar-refractivity contribution >= 4 is 11.8 Å². The van der Waals surface area contributed by atoms with Crippen LogP contribution in [-0.2, 0) is 16.0 Å². The van der Waals surface area contributed by atoms with Crippen LogP contribution in [0.4, 0.5) is 0 Å². The third-order valence-corrected chi connectivity index (χ3v) is 4.12. The maximum absolute atomic E-state index is 12.4. The van der Waals surface area contributed by atoms with Crippen molar-refractivity contribution in [3.8, 4) is 0 Å². The van der Waals surface area contributed by atoms with E-state index in [2.05, 4.69) is 6.92 Å². The van der Waals surface area contributed by atoms with E-state index in [1.807, 2.05) is 0 Å². The van der Waals surface area contributed by atoms with Crippen LogP contribution in [0.5, 0.6) is 0 Å². The molecule has 0 aromatic heterocycles. The van der Waals surface area contributed by atoms with Crippen molar-refractivity contribution in [1.29, 1.82) is 0 Å². The Morgan fingerprint density at radius 2 is 1.96 bits per heavy atom. The van der Waals surface area contributed by atoms with Gasteiger partial charge in [-0.15, -0.1) is 0 Å². The van der Waals surface area contributed by atoms with Crippen molar-refractivity contribution in [2.75, 3.05) is 6.61 Å². The summed E-state index contributed by atoms with van der Waals surface area (Å²) in [6.45, 7) is 2.76. The molecule has 0 amide bonds. The van der Waals surface area contributed by atoms with Gasteiger partial charge in [0.1, 0.15) is 6.04 Å². The number of rotatable bonds is 10. The van der Waals surface area contributed by atoms with Gasteiger partial charge in [-0.25, -0.2) is 0 Å². The molecule has 1 aliphatic carbocycles. The Kier molecular flexibility index (Phi) is 6.30. The summed E-state index contributed by atoms with van der Waals surface area (Å²) >= 11 is 0. The van der Waals surface area contributed by atoms with Gasteiger partial charge in [-0.2, -0.15) is 0 Å². The lowest BCUT2D eigenvalue weighted by Crippen LogP contribution is -2.32. The van der Waals surface area contributed by atoms with Crippen molar-refractivity contribution in [1.82, 2.24) is 0 Å². The van der Waals surface area contributed by atoms with Crippen molar-refractivity contribution in [2.24, 2.45) is 11.7 Å². The van der Waals surface area contributed by atoms with Gasteiger partial charge in [0.15, 0.2) is 5.78 Å². The molecule has 3 N–H and O–H groups in total. The van der Waals surface area contributed by atoms with Crippen LogP contribution in [0.25, 0.3) is 0 Å². The summed E-state index contributed by atoms with van der Waals surface area (Å²) < 4.78 is 5.81. The number of carbonyl (C=O) groups excluding carboxylic acids is 1. The number of carboxylic acid groups (broad SMARTS) is 1. The third-order valence-electron chi connectivity index (χ3n) is 4.12. The summed E-state index contributed by atoms with van der Waals surface area (Å²) in [6, 6.07) is 6.12. The van der Waals surface area contributed by atoms with E-state index >= 15 is 0 Å². The Morgan fingerprint density at radius 1 is 1.30 bits per heavy atom. The van der Waals surface area contributed by atoms with Crippen LogP contribution in [0.2, 0.25) is 0 Å². The second-order valence-electron chi connectivity index (χ2n) is 6.22. The molecule has 1 aromatic carbocycles. The van der Waals surface area contributed by atoms with Crippen LogP contribution in [0.15, 0.2) is 24.3 Å². The predicted octanol–water partition coefficient (Wildman–Crippen LogP) is 2.42. The standard InChI is InChI=1S/C18H25NO4/c1-2-9-23-17(14-7-8-14)11-16(20)13-5-3-12(4-6-13)10-15(19)18(21)22/h3-6,14-15,17H,2,7-11,19H2,1H3,(H,21,22). The van der Waals surface area contributed by atoms with E-state index in [1.165, 1.54) is 0 Å². The summed E-state index contributed by atoms with van der Waals surface area (Å²) in [5.74, 6) is -0.420. The summed E-state index contributed by atoms with van der Waals surface area (Å²) in [4.78, 5) is 23.2. The number of Topliss-reactive ketones (excluding diaryl/α,β-unsaturated/α-hetero) is 1. The highest BCUT2D eigenvalue weighted by molar-refractivity contribution is 5.96. The number of hydrogen-bond acceptors (Lipinski definition) is 4. The molecule has 0 heterocycles. The Hall–Kier alpha value is -1.72. The Morgan fingerprint density at radius 3 is 2.48 bits per heavy atom. The number of benzene rings is 1. The molecule has 0 radical (unpaired) electrons. The lowest BCUT2D eigenvalue weighted by atomic mass is 9.99. The molecule has 2 unspecified atom stereocenters. The molecule has 1 aromatic rings. The number of nitrogens with two attached hydrogens (primary N) is 1. The van der Waals surface area contributed by atoms with Crippen LogP contribution in [0.3, 0.4) is 0 Å². The van der Waals surface area contributed by atoms with E-state index in [1.54, 1.807) is 24.3 Å². The SMILES string of the molecule is CCCOC(CC(=O)c1ccc(CC(N)C(=O)O)cc1)C1CC1. The van der Waals surface area contributed by atoms with Crippen LogP contribution in [-0.4, -0.2) is 35.6 Å². The van der Waals surface area contributed by atoms with Crippen LogP contribution >= 0.6 is 0 Å². The molecule has 1 fully saturated rings. The van der Waals surface area contributed by atoms with Crippen LogP contribution < -0.4 is 5.73 Å². The van der Waals surface area contributed by atoms with E-state index < -0.39 is 12.0 Å². The first-order valence-corrected chi connectivity index (χ1v) is 8.23. The fraction of sp³-hybridized carbons (Fsp3) is 0.556. The number of hydrogen-bond donors (Lipinski definition) is 2. The van der Waals surface area contributed by atoms with Gasteiger partial charge < -0.3 is 15.6 Å². The van der Waals surface area contributed by atoms with Gasteiger partial charge in [-0.1, -0.05) is 31.2 Å². The summed E-state index contributed by atoms with van der Waals surface area (Å²) in [5, 5.41) is 8.82. The molecule has 2 atom stereocenters. The van der Waals surface area contributed by atoms with Crippen molar-refractivity contribution in [3.05, 3.63) is 35.4 Å². The quantitative estimate of drug-likeness (QED) is 0.646. The van der Waals surface area contributed by atoms with E-state index in [0.717, 1.165) is 24.8 Å². The molecule has 0 saturated heterocycles. The maximum atomic E-state index is 12.4. The number of carboxylic acids is 1. The predicted molar refractivity (Wildman–Crippen MR) is 87.5 cm³/mol. The molecule has 0 spiro atoms. The molecule has 126 valence electrons. The first-order valence-electron chi connectivity index (χ1n) is 8.23. The molecule has 23 heavy (non-hydrogen) atoms. The van der Waals surface area contributed by atoms with Gasteiger partial charge in [0.05, 0.1) is 6.10 Å². The average Bonchev–Trinajstić information content (AvgIpc) is 3.36. The molecule has 0 aliphatic heterocycles. The van der Waals surface area contributed by atoms with Crippen LogP contribution in [0.1, 0.15) is 48.5 Å². The lowest BCUT2D eigenvalue weighted by molar-refractivity contribution is -0.138. The lowest BCUT2D eigenvalue weighted by Gasteiger charge is -2.16. The smallest absolute Gasteiger partial charge is 0.320 e. The minimum atomic E-state index is -1.02. The van der Waals surface area contributed by atoms with E-state index in [4.69, 9.17) is 15.6 Å². The second kappa shape index (κ2) is 8.22. The topological polar surface area (TPSA) is 89.6 Å². The number of ketones is 1. The first-order chi connectivity index (χ1) is 11.0. The molecule has 1 saturated carbocycles. The minimum Gasteiger partial charge on any atom is -0.480 e. The number of ether oxygens (including phenoxy) is 1. The van der Waals surface area contributed by atoms with E-state index in [0.29, 0.717) is 24.5 Å². The fourth-order valence-corrected chi connectivity index (χ4v) is 2.57. The number of aliphatic carboxylic acids is 1. The molecule has 2 rings (SSSR count). The van der Waals surface area contributed by atoms with Crippen molar-refractivity contribution < 1.29 is 19.4 Å². The second-order valence-corrected chi connectivity index (χ2v) is 6.22. The molecule has 5 heteroatoms. The Balaban J connectivity index is 1.92. The zero-order chi connectivity index (χ0) is 16.8. The van der Waals surface area contributed by atoms with Crippen molar-refractivity contribution in [3.63, 3.8) is 0 Å². The molecule has 0 bridgehead atoms. The Labute approximate surface area is 136 Å². The van der Waals surface area contributed by atoms with Gasteiger partial charge in [0.25, 0.3) is 0 Å². The third kappa shape index (κ3) is 5.44. The highest BCUT2D eigenvalue weighted by atomic mass is 16.5. The summed E-state index contributed by atoms with van der Waals surface area (Å²) in [6.07, 6.45) is 3.95. The average molecular weight is 319 g/mol. The summed E-state index contributed by atoms with van der Waals surface area (Å²) in [7, 11) is 0. The van der Waals surface area contributed by atoms with E-state index in [-0.39, 0.29) is 18.3 Å². The molecule has 1 aliphatic rings. The zero-order valence-electron chi connectivity index (χ0n) is 13.5.